The first kappa shape index (κ1) is 19.2. The Bertz CT molecular complexity index is 980. The molecule has 0 fully saturated rings. The van der Waals surface area contributed by atoms with Crippen molar-refractivity contribution in [3.05, 3.63) is 71.4 Å². The average Bonchev–Trinajstić information content (AvgIpc) is 3.05. The molecule has 0 unspecified atom stereocenters. The normalized spacial score (nSPS) is 10.8. The molecular weight excluding hydrogens is 363 g/mol. The number of halogens is 1. The fourth-order valence-electron chi connectivity index (χ4n) is 2.43. The van der Waals surface area contributed by atoms with Crippen LogP contribution in [0.25, 0.3) is 12.2 Å². The van der Waals surface area contributed by atoms with Crippen molar-refractivity contribution < 1.29 is 23.2 Å². The van der Waals surface area contributed by atoms with Crippen molar-refractivity contribution >= 4 is 23.7 Å². The van der Waals surface area contributed by atoms with Crippen LogP contribution in [0.4, 0.5) is 10.1 Å². The van der Waals surface area contributed by atoms with Crippen LogP contribution < -0.4 is 14.8 Å². The molecule has 0 radical (unpaired) electrons. The van der Waals surface area contributed by atoms with Gasteiger partial charge in [-0.3, -0.25) is 4.79 Å². The number of nitrogens with zero attached hydrogens (tertiary/aromatic N) is 1. The largest absolute Gasteiger partial charge is 0.497 e. The van der Waals surface area contributed by atoms with Crippen LogP contribution in [0.5, 0.6) is 11.5 Å². The van der Waals surface area contributed by atoms with E-state index in [1.807, 2.05) is 30.3 Å². The maximum Gasteiger partial charge on any atom is 0.262 e. The van der Waals surface area contributed by atoms with Gasteiger partial charge in [-0.1, -0.05) is 35.5 Å². The van der Waals surface area contributed by atoms with Gasteiger partial charge < -0.3 is 19.3 Å². The molecule has 0 aliphatic heterocycles. The van der Waals surface area contributed by atoms with Crippen molar-refractivity contribution in [1.29, 1.82) is 0 Å². The molecule has 0 saturated carbocycles. The number of carbonyl (C=O) groups is 1. The van der Waals surface area contributed by atoms with E-state index in [9.17, 15) is 9.18 Å². The number of aromatic nitrogens is 1. The number of ether oxygens (including phenoxy) is 2. The Kier molecular flexibility index (Phi) is 6.06. The second-order valence-electron chi connectivity index (χ2n) is 5.87. The van der Waals surface area contributed by atoms with Gasteiger partial charge in [-0.25, -0.2) is 4.39 Å². The minimum Gasteiger partial charge on any atom is -0.497 e. The lowest BCUT2D eigenvalue weighted by Gasteiger charge is -2.07. The zero-order valence-corrected chi connectivity index (χ0v) is 15.4. The summed E-state index contributed by atoms with van der Waals surface area (Å²) in [6, 6.07) is 13.4. The molecule has 1 heterocycles. The standard InChI is InChI=1S/C21H19FN2O4/c1-14-21(23-20(25)13-27-19-6-4-3-5-17(19)22)18(24-28-14)12-9-15-7-10-16(26-2)11-8-15/h3-12H,13H2,1-2H3,(H,23,25). The highest BCUT2D eigenvalue weighted by molar-refractivity contribution is 5.94. The predicted octanol–water partition coefficient (Wildman–Crippen LogP) is 4.32. The van der Waals surface area contributed by atoms with Gasteiger partial charge in [0.15, 0.2) is 23.9 Å². The molecule has 1 aromatic heterocycles. The number of benzene rings is 2. The molecule has 6 nitrogen and oxygen atoms in total. The van der Waals surface area contributed by atoms with Crippen molar-refractivity contribution in [2.75, 3.05) is 19.0 Å². The van der Waals surface area contributed by atoms with Crippen molar-refractivity contribution in [2.45, 2.75) is 6.92 Å². The topological polar surface area (TPSA) is 73.6 Å². The lowest BCUT2D eigenvalue weighted by Crippen LogP contribution is -2.21. The fraction of sp³-hybridized carbons (Fsp3) is 0.143. The third kappa shape index (κ3) is 4.76. The molecule has 1 N–H and O–H groups in total. The van der Waals surface area contributed by atoms with E-state index in [-0.39, 0.29) is 12.4 Å². The number of methoxy groups -OCH3 is 1. The van der Waals surface area contributed by atoms with Gasteiger partial charge >= 0.3 is 0 Å². The molecule has 0 atom stereocenters. The van der Waals surface area contributed by atoms with Crippen LogP contribution >= 0.6 is 0 Å². The number of anilines is 1. The van der Waals surface area contributed by atoms with Gasteiger partial charge in [0.1, 0.15) is 17.1 Å². The van der Waals surface area contributed by atoms with Gasteiger partial charge in [-0.2, -0.15) is 0 Å². The molecule has 0 spiro atoms. The van der Waals surface area contributed by atoms with Crippen LogP contribution in [0.1, 0.15) is 17.0 Å². The second-order valence-corrected chi connectivity index (χ2v) is 5.87. The Labute approximate surface area is 161 Å². The highest BCUT2D eigenvalue weighted by Gasteiger charge is 2.14. The first-order chi connectivity index (χ1) is 13.6. The molecule has 7 heteroatoms. The Morgan fingerprint density at radius 1 is 1.18 bits per heavy atom. The Balaban J connectivity index is 1.65. The van der Waals surface area contributed by atoms with E-state index < -0.39 is 11.7 Å². The summed E-state index contributed by atoms with van der Waals surface area (Å²) in [6.45, 7) is 1.35. The van der Waals surface area contributed by atoms with Gasteiger partial charge in [-0.15, -0.1) is 0 Å². The summed E-state index contributed by atoms with van der Waals surface area (Å²) in [5.74, 6) is 0.249. The van der Waals surface area contributed by atoms with Crippen LogP contribution in [0.15, 0.2) is 53.1 Å². The fourth-order valence-corrected chi connectivity index (χ4v) is 2.43. The monoisotopic (exact) mass is 382 g/mol. The molecular formula is C21H19FN2O4. The second kappa shape index (κ2) is 8.85. The van der Waals surface area contributed by atoms with Crippen molar-refractivity contribution in [2.24, 2.45) is 0 Å². The maximum atomic E-state index is 13.6. The van der Waals surface area contributed by atoms with Gasteiger partial charge in [0.05, 0.1) is 7.11 Å². The zero-order valence-electron chi connectivity index (χ0n) is 15.4. The smallest absolute Gasteiger partial charge is 0.262 e. The quantitative estimate of drug-likeness (QED) is 0.659. The first-order valence-electron chi connectivity index (χ1n) is 8.52. The molecule has 0 bridgehead atoms. The van der Waals surface area contributed by atoms with Gasteiger partial charge in [-0.05, 0) is 42.8 Å². The van der Waals surface area contributed by atoms with Crippen LogP contribution in [0.3, 0.4) is 0 Å². The summed E-state index contributed by atoms with van der Waals surface area (Å²) >= 11 is 0. The lowest BCUT2D eigenvalue weighted by atomic mass is 10.2. The van der Waals surface area contributed by atoms with E-state index in [0.717, 1.165) is 11.3 Å². The summed E-state index contributed by atoms with van der Waals surface area (Å²) in [6.07, 6.45) is 3.56. The third-order valence-electron chi connectivity index (χ3n) is 3.90. The lowest BCUT2D eigenvalue weighted by molar-refractivity contribution is -0.118. The molecule has 0 saturated heterocycles. The van der Waals surface area contributed by atoms with E-state index in [0.29, 0.717) is 17.1 Å². The minimum atomic E-state index is -0.528. The van der Waals surface area contributed by atoms with E-state index in [4.69, 9.17) is 14.0 Å². The Morgan fingerprint density at radius 3 is 2.64 bits per heavy atom. The van der Waals surface area contributed by atoms with Gasteiger partial charge in [0.2, 0.25) is 0 Å². The van der Waals surface area contributed by atoms with Gasteiger partial charge in [0.25, 0.3) is 5.91 Å². The van der Waals surface area contributed by atoms with E-state index in [2.05, 4.69) is 10.5 Å². The van der Waals surface area contributed by atoms with Crippen molar-refractivity contribution in [1.82, 2.24) is 5.16 Å². The predicted molar refractivity (Wildman–Crippen MR) is 104 cm³/mol. The molecule has 0 aliphatic rings. The first-order valence-corrected chi connectivity index (χ1v) is 8.52. The molecule has 1 amide bonds. The van der Waals surface area contributed by atoms with Crippen LogP contribution in [0.2, 0.25) is 0 Å². The van der Waals surface area contributed by atoms with Crippen molar-refractivity contribution in [3.63, 3.8) is 0 Å². The molecule has 0 aliphatic carbocycles. The highest BCUT2D eigenvalue weighted by Crippen LogP contribution is 2.23. The summed E-state index contributed by atoms with van der Waals surface area (Å²) in [5, 5.41) is 6.64. The van der Waals surface area contributed by atoms with Crippen LogP contribution in [-0.2, 0) is 4.79 Å². The number of hydrogen-bond donors (Lipinski definition) is 1. The number of nitrogens with one attached hydrogen (secondary N) is 1. The SMILES string of the molecule is COc1ccc(C=Cc2noc(C)c2NC(=O)COc2ccccc2F)cc1. The van der Waals surface area contributed by atoms with Crippen LogP contribution in [0, 0.1) is 12.7 Å². The Morgan fingerprint density at radius 2 is 1.93 bits per heavy atom. The van der Waals surface area contributed by atoms with E-state index >= 15 is 0 Å². The molecule has 28 heavy (non-hydrogen) atoms. The van der Waals surface area contributed by atoms with E-state index in [1.54, 1.807) is 32.2 Å². The Hall–Kier alpha value is -3.61. The summed E-state index contributed by atoms with van der Waals surface area (Å²) < 4.78 is 29.1. The minimum absolute atomic E-state index is 0.0133. The molecule has 3 aromatic rings. The summed E-state index contributed by atoms with van der Waals surface area (Å²) in [7, 11) is 1.61. The van der Waals surface area contributed by atoms with E-state index in [1.165, 1.54) is 12.1 Å². The molecule has 144 valence electrons. The maximum absolute atomic E-state index is 13.6. The number of rotatable bonds is 7. The number of carbonyl (C=O) groups excluding carboxylic acids is 1. The zero-order chi connectivity index (χ0) is 19.9. The molecule has 2 aromatic carbocycles. The van der Waals surface area contributed by atoms with Gasteiger partial charge in [0, 0.05) is 0 Å². The molecule has 3 rings (SSSR count). The van der Waals surface area contributed by atoms with Crippen LogP contribution in [-0.4, -0.2) is 24.8 Å². The van der Waals surface area contributed by atoms with Crippen molar-refractivity contribution in [3.8, 4) is 11.5 Å². The average molecular weight is 382 g/mol. The number of aryl methyl sites for hydroxylation is 1. The summed E-state index contributed by atoms with van der Waals surface area (Å²) in [4.78, 5) is 12.2. The highest BCUT2D eigenvalue weighted by atomic mass is 19.1. The third-order valence-corrected chi connectivity index (χ3v) is 3.90. The summed E-state index contributed by atoms with van der Waals surface area (Å²) in [5.41, 5.74) is 1.83. The number of para-hydroxylation sites is 1. The number of amides is 1. The number of hydrogen-bond acceptors (Lipinski definition) is 5.